The van der Waals surface area contributed by atoms with Gasteiger partial charge in [0.15, 0.2) is 0 Å². The number of thiol groups is 1. The third-order valence-electron chi connectivity index (χ3n) is 4.62. The maximum Gasteiger partial charge on any atom is 0.296 e. The summed E-state index contributed by atoms with van der Waals surface area (Å²) in [5.41, 5.74) is 6.25. The minimum absolute atomic E-state index is 0.126. The predicted octanol–water partition coefficient (Wildman–Crippen LogP) is 1.97. The molecule has 1 saturated carbocycles. The number of nitrogens with one attached hydrogen (secondary N) is 2. The Morgan fingerprint density at radius 1 is 1.30 bits per heavy atom. The first-order valence-corrected chi connectivity index (χ1v) is 10.2. The van der Waals surface area contributed by atoms with Gasteiger partial charge in [-0.3, -0.25) is 10.2 Å². The third kappa shape index (κ3) is 4.71. The second-order valence-electron chi connectivity index (χ2n) is 6.81. The van der Waals surface area contributed by atoms with Crippen LogP contribution in [-0.4, -0.2) is 34.2 Å². The van der Waals surface area contributed by atoms with Crippen LogP contribution >= 0.6 is 12.6 Å². The first-order valence-electron chi connectivity index (χ1n) is 8.00. The van der Waals surface area contributed by atoms with Gasteiger partial charge in [-0.25, -0.2) is 0 Å². The molecule has 0 aromatic heterocycles. The van der Waals surface area contributed by atoms with Crippen molar-refractivity contribution in [1.82, 2.24) is 10.9 Å². The monoisotopic (exact) mass is 363 g/mol. The molecular formula is C15H27N2O4S2+. The van der Waals surface area contributed by atoms with Crippen LogP contribution in [0.1, 0.15) is 39.5 Å². The summed E-state index contributed by atoms with van der Waals surface area (Å²) in [6, 6.07) is 0. The zero-order chi connectivity index (χ0) is 17.1. The molecule has 2 rings (SSSR count). The van der Waals surface area contributed by atoms with Crippen molar-refractivity contribution in [1.29, 1.82) is 0 Å². The summed E-state index contributed by atoms with van der Waals surface area (Å²) in [4.78, 5) is 12.4. The summed E-state index contributed by atoms with van der Waals surface area (Å²) in [5, 5.41) is 1.63. The van der Waals surface area contributed by atoms with Gasteiger partial charge in [-0.1, -0.05) is 4.21 Å². The highest BCUT2D eigenvalue weighted by atomic mass is 32.3. The number of hydrogen-bond donors (Lipinski definition) is 4. The lowest BCUT2D eigenvalue weighted by atomic mass is 10.0. The Bertz CT molecular complexity index is 512. The summed E-state index contributed by atoms with van der Waals surface area (Å²) in [7, 11) is -3.31. The molecule has 23 heavy (non-hydrogen) atoms. The van der Waals surface area contributed by atoms with Gasteiger partial charge in [0.05, 0.1) is 0 Å². The largest absolute Gasteiger partial charge is 0.381 e. The van der Waals surface area contributed by atoms with Crippen molar-refractivity contribution in [2.24, 2.45) is 11.8 Å². The molecule has 1 aliphatic heterocycles. The second-order valence-corrected chi connectivity index (χ2v) is 9.70. The van der Waals surface area contributed by atoms with Crippen molar-refractivity contribution in [2.75, 3.05) is 19.0 Å². The molecular weight excluding hydrogens is 336 g/mol. The van der Waals surface area contributed by atoms with Gasteiger partial charge in [-0.2, -0.15) is 4.55 Å². The van der Waals surface area contributed by atoms with Crippen LogP contribution in [0.5, 0.6) is 0 Å². The maximum atomic E-state index is 12.8. The summed E-state index contributed by atoms with van der Waals surface area (Å²) >= 11 is 4.12. The third-order valence-corrected chi connectivity index (χ3v) is 7.60. The fourth-order valence-electron chi connectivity index (χ4n) is 2.50. The summed E-state index contributed by atoms with van der Waals surface area (Å²) in [6.45, 7) is 4.28. The molecule has 1 saturated heterocycles. The SMILES string of the molecule is CC(C)(C(=O)NN/C(=C\S)C1CC1)[S+](=O)(O)CC1CCOCC1. The Morgan fingerprint density at radius 3 is 2.43 bits per heavy atom. The number of hydrazine groups is 1. The predicted molar refractivity (Wildman–Crippen MR) is 94.2 cm³/mol. The number of carbonyl (C=O) groups excluding carboxylic acids is 1. The molecule has 0 spiro atoms. The molecule has 8 heteroatoms. The van der Waals surface area contributed by atoms with Crippen LogP contribution in [0.15, 0.2) is 11.1 Å². The fourth-order valence-corrected chi connectivity index (χ4v) is 4.50. The average Bonchev–Trinajstić information content (AvgIpc) is 3.33. The molecule has 1 amide bonds. The van der Waals surface area contributed by atoms with E-state index >= 15 is 0 Å². The second kappa shape index (κ2) is 7.55. The highest BCUT2D eigenvalue weighted by molar-refractivity contribution is 7.99. The minimum atomic E-state index is -3.31. The van der Waals surface area contributed by atoms with Gasteiger partial charge < -0.3 is 10.2 Å². The van der Waals surface area contributed by atoms with Gasteiger partial charge in [0.25, 0.3) is 5.91 Å². The zero-order valence-electron chi connectivity index (χ0n) is 13.7. The van der Waals surface area contributed by atoms with Gasteiger partial charge in [-0.05, 0) is 44.9 Å². The van der Waals surface area contributed by atoms with E-state index in [-0.39, 0.29) is 11.7 Å². The molecule has 1 atom stereocenters. The molecule has 132 valence electrons. The van der Waals surface area contributed by atoms with Crippen molar-refractivity contribution >= 4 is 28.7 Å². The molecule has 3 N–H and O–H groups in total. The number of rotatable bonds is 7. The van der Waals surface area contributed by atoms with E-state index in [1.54, 1.807) is 5.41 Å². The summed E-state index contributed by atoms with van der Waals surface area (Å²) in [6.07, 6.45) is 3.67. The van der Waals surface area contributed by atoms with Crippen LogP contribution in [0.3, 0.4) is 0 Å². The average molecular weight is 364 g/mol. The Morgan fingerprint density at radius 2 is 1.91 bits per heavy atom. The van der Waals surface area contributed by atoms with E-state index in [1.807, 2.05) is 0 Å². The van der Waals surface area contributed by atoms with E-state index in [9.17, 15) is 13.6 Å². The first-order chi connectivity index (χ1) is 10.8. The molecule has 0 aromatic carbocycles. The van der Waals surface area contributed by atoms with E-state index in [4.69, 9.17) is 4.74 Å². The molecule has 1 aliphatic carbocycles. The van der Waals surface area contributed by atoms with E-state index in [0.29, 0.717) is 19.1 Å². The number of carbonyl (C=O) groups is 1. The zero-order valence-corrected chi connectivity index (χ0v) is 15.4. The molecule has 0 bridgehead atoms. The normalized spacial score (nSPS) is 23.2. The van der Waals surface area contributed by atoms with Crippen LogP contribution in [0.2, 0.25) is 0 Å². The van der Waals surface area contributed by atoms with Gasteiger partial charge in [0.2, 0.25) is 15.0 Å². The van der Waals surface area contributed by atoms with Crippen LogP contribution in [0, 0.1) is 11.8 Å². The lowest BCUT2D eigenvalue weighted by molar-refractivity contribution is -0.123. The first kappa shape index (κ1) is 18.8. The Hall–Kier alpha value is -0.570. The van der Waals surface area contributed by atoms with Crippen molar-refractivity contribution in [2.45, 2.75) is 44.3 Å². The number of ether oxygens (including phenoxy) is 1. The molecule has 2 aliphatic rings. The Kier molecular flexibility index (Phi) is 6.16. The molecule has 2 fully saturated rings. The molecule has 6 nitrogen and oxygen atoms in total. The molecule has 0 radical (unpaired) electrons. The van der Waals surface area contributed by atoms with Crippen LogP contribution < -0.4 is 10.9 Å². The fraction of sp³-hybridized carbons (Fsp3) is 0.800. The van der Waals surface area contributed by atoms with E-state index < -0.39 is 20.9 Å². The molecule has 1 heterocycles. The Balaban J connectivity index is 1.93. The van der Waals surface area contributed by atoms with Gasteiger partial charge in [0.1, 0.15) is 5.75 Å². The van der Waals surface area contributed by atoms with Crippen molar-refractivity contribution < 1.29 is 18.3 Å². The topological polar surface area (TPSA) is 87.7 Å². The summed E-state index contributed by atoms with van der Waals surface area (Å²) < 4.78 is 27.2. The van der Waals surface area contributed by atoms with Crippen molar-refractivity contribution in [3.63, 3.8) is 0 Å². The van der Waals surface area contributed by atoms with Crippen molar-refractivity contribution in [3.05, 3.63) is 11.1 Å². The Labute approximate surface area is 144 Å². The summed E-state index contributed by atoms with van der Waals surface area (Å²) in [5.74, 6) is 0.178. The smallest absolute Gasteiger partial charge is 0.296 e. The lowest BCUT2D eigenvalue weighted by Gasteiger charge is -2.27. The molecule has 0 aromatic rings. The van der Waals surface area contributed by atoms with Crippen LogP contribution in [0.25, 0.3) is 0 Å². The number of amides is 1. The highest BCUT2D eigenvalue weighted by Gasteiger charge is 2.53. The van der Waals surface area contributed by atoms with Gasteiger partial charge in [0, 0.05) is 30.7 Å². The minimum Gasteiger partial charge on any atom is -0.381 e. The van der Waals surface area contributed by atoms with Crippen LogP contribution in [-0.2, 0) is 24.0 Å². The highest BCUT2D eigenvalue weighted by Crippen LogP contribution is 2.35. The maximum absolute atomic E-state index is 12.8. The van der Waals surface area contributed by atoms with E-state index in [0.717, 1.165) is 31.4 Å². The van der Waals surface area contributed by atoms with Crippen LogP contribution in [0.4, 0.5) is 0 Å². The van der Waals surface area contributed by atoms with Gasteiger partial charge >= 0.3 is 0 Å². The van der Waals surface area contributed by atoms with Gasteiger partial charge in [-0.15, -0.1) is 12.6 Å². The standard InChI is InChI=1S/C15H26N2O4S2/c1-15(2,14(18)17-16-13(9-22)12-3-4-12)23(19,20)10-11-5-7-21-8-6-11/h9,11-12,16H,3-8,10H2,1-2H3,(H2-,17,18,19,20,22)/p+1/b13-9-. The molecule has 1 unspecified atom stereocenters. The number of allylic oxidation sites excluding steroid dienone is 1. The van der Waals surface area contributed by atoms with Crippen molar-refractivity contribution in [3.8, 4) is 0 Å². The quantitative estimate of drug-likeness (QED) is 0.316. The van der Waals surface area contributed by atoms with E-state index in [1.165, 1.54) is 13.8 Å². The lowest BCUT2D eigenvalue weighted by Crippen LogP contribution is -2.56. The van der Waals surface area contributed by atoms with E-state index in [2.05, 4.69) is 23.5 Å². The number of hydrogen-bond acceptors (Lipinski definition) is 5.